The average Bonchev–Trinajstić information content (AvgIpc) is 3.02. The number of halogens is 6. The molecule has 0 atom stereocenters. The van der Waals surface area contributed by atoms with Gasteiger partial charge in [-0.1, -0.05) is 46.9 Å². The van der Waals surface area contributed by atoms with E-state index in [1.807, 2.05) is 0 Å². The normalized spacial score (nSPS) is 11.5. The lowest BCUT2D eigenvalue weighted by Gasteiger charge is -2.12. The number of amides is 1. The summed E-state index contributed by atoms with van der Waals surface area (Å²) in [6.07, 6.45) is -4.78. The first kappa shape index (κ1) is 22.2. The summed E-state index contributed by atoms with van der Waals surface area (Å²) in [5, 5.41) is 2.72. The van der Waals surface area contributed by atoms with Gasteiger partial charge in [0, 0.05) is 5.02 Å². The van der Waals surface area contributed by atoms with Gasteiger partial charge in [0.05, 0.1) is 26.8 Å². The molecule has 0 aliphatic heterocycles. The Morgan fingerprint density at radius 2 is 1.73 bits per heavy atom. The lowest BCUT2D eigenvalue weighted by molar-refractivity contribution is -0.152. The Labute approximate surface area is 182 Å². The number of hydrogen-bond donors (Lipinski definition) is 1. The number of para-hydroxylation sites is 2. The van der Waals surface area contributed by atoms with Crippen molar-refractivity contribution in [2.45, 2.75) is 12.7 Å². The van der Waals surface area contributed by atoms with Gasteiger partial charge in [-0.3, -0.25) is 9.59 Å². The van der Waals surface area contributed by atoms with Crippen molar-refractivity contribution in [3.05, 3.63) is 57.3 Å². The zero-order valence-electron chi connectivity index (χ0n) is 14.8. The Balaban J connectivity index is 1.69. The molecule has 0 unspecified atom stereocenters. The van der Waals surface area contributed by atoms with Crippen LogP contribution in [0.4, 0.5) is 18.9 Å². The number of rotatable bonds is 5. The number of carbonyl (C=O) groups excluding carboxylic acids is 2. The molecule has 12 heteroatoms. The van der Waals surface area contributed by atoms with Crippen LogP contribution in [0.1, 0.15) is 5.82 Å². The molecule has 0 aliphatic rings. The van der Waals surface area contributed by atoms with Crippen molar-refractivity contribution in [1.82, 2.24) is 9.55 Å². The molecular weight excluding hydrogens is 470 g/mol. The fourth-order valence-electron chi connectivity index (χ4n) is 2.61. The molecule has 1 heterocycles. The van der Waals surface area contributed by atoms with Crippen LogP contribution in [0.5, 0.6) is 0 Å². The van der Waals surface area contributed by atoms with Crippen molar-refractivity contribution in [3.63, 3.8) is 0 Å². The van der Waals surface area contributed by atoms with Crippen LogP contribution >= 0.6 is 34.8 Å². The molecule has 0 fully saturated rings. The Hall–Kier alpha value is -2.49. The number of hydrogen-bond acceptors (Lipinski definition) is 4. The van der Waals surface area contributed by atoms with Crippen LogP contribution in [0.2, 0.25) is 15.1 Å². The van der Waals surface area contributed by atoms with Crippen molar-refractivity contribution in [1.29, 1.82) is 0 Å². The number of fused-ring (bicyclic) bond motifs is 1. The van der Waals surface area contributed by atoms with E-state index in [9.17, 15) is 22.8 Å². The van der Waals surface area contributed by atoms with E-state index in [0.717, 1.165) is 0 Å². The minimum Gasteiger partial charge on any atom is -0.454 e. The van der Waals surface area contributed by atoms with Gasteiger partial charge in [0.25, 0.3) is 5.91 Å². The molecule has 1 amide bonds. The van der Waals surface area contributed by atoms with Crippen molar-refractivity contribution < 1.29 is 27.5 Å². The van der Waals surface area contributed by atoms with Gasteiger partial charge in [0.2, 0.25) is 5.82 Å². The van der Waals surface area contributed by atoms with Crippen LogP contribution in [0.15, 0.2) is 36.4 Å². The van der Waals surface area contributed by atoms with E-state index in [0.29, 0.717) is 4.57 Å². The van der Waals surface area contributed by atoms with E-state index in [-0.39, 0.29) is 31.8 Å². The van der Waals surface area contributed by atoms with E-state index >= 15 is 0 Å². The van der Waals surface area contributed by atoms with Gasteiger partial charge in [-0.25, -0.2) is 4.98 Å². The number of ether oxygens (including phenoxy) is 1. The summed E-state index contributed by atoms with van der Waals surface area (Å²) >= 11 is 17.7. The second-order valence-corrected chi connectivity index (χ2v) is 7.21. The molecule has 158 valence electrons. The highest BCUT2D eigenvalue weighted by Crippen LogP contribution is 2.34. The van der Waals surface area contributed by atoms with Gasteiger partial charge in [-0.15, -0.1) is 0 Å². The average molecular weight is 481 g/mol. The minimum absolute atomic E-state index is 0.0590. The van der Waals surface area contributed by atoms with E-state index in [4.69, 9.17) is 39.5 Å². The van der Waals surface area contributed by atoms with Crippen LogP contribution in [0.3, 0.4) is 0 Å². The number of nitrogens with zero attached hydrogens (tertiary/aromatic N) is 2. The Kier molecular flexibility index (Phi) is 6.44. The molecule has 0 bridgehead atoms. The highest BCUT2D eigenvalue weighted by Gasteiger charge is 2.38. The topological polar surface area (TPSA) is 73.2 Å². The van der Waals surface area contributed by atoms with Crippen LogP contribution in [0.25, 0.3) is 11.0 Å². The number of carbonyl (C=O) groups is 2. The lowest BCUT2D eigenvalue weighted by atomic mass is 10.3. The predicted octanol–water partition coefficient (Wildman–Crippen LogP) is 5.20. The highest BCUT2D eigenvalue weighted by molar-refractivity contribution is 6.42. The van der Waals surface area contributed by atoms with Crippen molar-refractivity contribution in [2.24, 2.45) is 0 Å². The number of benzene rings is 2. The fourth-order valence-corrected chi connectivity index (χ4v) is 3.52. The van der Waals surface area contributed by atoms with E-state index < -0.39 is 37.0 Å². The largest absolute Gasteiger partial charge is 0.454 e. The summed E-state index contributed by atoms with van der Waals surface area (Å²) in [5.41, 5.74) is 0.233. The molecule has 30 heavy (non-hydrogen) atoms. The third-order valence-corrected chi connectivity index (χ3v) is 4.65. The third-order valence-electron chi connectivity index (χ3n) is 3.83. The molecule has 1 N–H and O–H groups in total. The first-order chi connectivity index (χ1) is 14.1. The third kappa shape index (κ3) is 4.97. The van der Waals surface area contributed by atoms with Crippen molar-refractivity contribution >= 4 is 63.4 Å². The first-order valence-electron chi connectivity index (χ1n) is 8.18. The minimum atomic E-state index is -4.78. The summed E-state index contributed by atoms with van der Waals surface area (Å²) in [6.45, 7) is -1.55. The standard InChI is InChI=1S/C18H11Cl3F3N3O3/c19-9-5-10(20)16(11(21)6-9)26-14(28)8-30-15(29)7-27-13-4-2-1-3-12(13)25-17(27)18(22,23)24/h1-6H,7-8H2,(H,26,28). The van der Waals surface area contributed by atoms with Gasteiger partial charge in [0.1, 0.15) is 6.54 Å². The number of anilines is 1. The molecule has 3 rings (SSSR count). The van der Waals surface area contributed by atoms with Crippen molar-refractivity contribution in [3.8, 4) is 0 Å². The highest BCUT2D eigenvalue weighted by atomic mass is 35.5. The van der Waals surface area contributed by atoms with Gasteiger partial charge < -0.3 is 14.6 Å². The predicted molar refractivity (Wildman–Crippen MR) is 106 cm³/mol. The molecule has 0 spiro atoms. The molecule has 0 radical (unpaired) electrons. The summed E-state index contributed by atoms with van der Waals surface area (Å²) in [4.78, 5) is 27.6. The molecule has 2 aromatic carbocycles. The molecule has 0 saturated heterocycles. The Morgan fingerprint density at radius 1 is 1.10 bits per heavy atom. The van der Waals surface area contributed by atoms with Gasteiger partial charge in [-0.05, 0) is 24.3 Å². The first-order valence-corrected chi connectivity index (χ1v) is 9.32. The molecule has 0 aliphatic carbocycles. The number of esters is 1. The fraction of sp³-hybridized carbons (Fsp3) is 0.167. The smallest absolute Gasteiger partial charge is 0.449 e. The number of aromatic nitrogens is 2. The molecule has 3 aromatic rings. The van der Waals surface area contributed by atoms with E-state index in [1.54, 1.807) is 0 Å². The monoisotopic (exact) mass is 479 g/mol. The number of alkyl halides is 3. The summed E-state index contributed by atoms with van der Waals surface area (Å²) in [7, 11) is 0. The maximum absolute atomic E-state index is 13.3. The van der Waals surface area contributed by atoms with Crippen LogP contribution in [-0.2, 0) is 27.0 Å². The van der Waals surface area contributed by atoms with E-state index in [1.165, 1.54) is 36.4 Å². The zero-order chi connectivity index (χ0) is 22.1. The molecule has 6 nitrogen and oxygen atoms in total. The maximum Gasteiger partial charge on any atom is 0.449 e. The van der Waals surface area contributed by atoms with Crippen LogP contribution in [-0.4, -0.2) is 28.0 Å². The molecule has 1 aromatic heterocycles. The van der Waals surface area contributed by atoms with Gasteiger partial charge in [0.15, 0.2) is 6.61 Å². The Morgan fingerprint density at radius 3 is 2.37 bits per heavy atom. The molecular formula is C18H11Cl3F3N3O3. The number of imidazole rings is 1. The summed E-state index contributed by atoms with van der Waals surface area (Å²) in [5.74, 6) is -3.10. The molecule has 0 saturated carbocycles. The van der Waals surface area contributed by atoms with Crippen LogP contribution in [0, 0.1) is 0 Å². The van der Waals surface area contributed by atoms with Gasteiger partial charge in [-0.2, -0.15) is 13.2 Å². The zero-order valence-corrected chi connectivity index (χ0v) is 17.0. The maximum atomic E-state index is 13.3. The summed E-state index contributed by atoms with van der Waals surface area (Å²) in [6, 6.07) is 8.51. The van der Waals surface area contributed by atoms with Gasteiger partial charge >= 0.3 is 12.1 Å². The quantitative estimate of drug-likeness (QED) is 0.510. The Bertz CT molecular complexity index is 1110. The SMILES string of the molecule is O=C(COC(=O)Cn1c(C(F)(F)F)nc2ccccc21)Nc1c(Cl)cc(Cl)cc1Cl. The van der Waals surface area contributed by atoms with Crippen LogP contribution < -0.4 is 5.32 Å². The summed E-state index contributed by atoms with van der Waals surface area (Å²) < 4.78 is 45.3. The lowest BCUT2D eigenvalue weighted by Crippen LogP contribution is -2.25. The second-order valence-electron chi connectivity index (χ2n) is 5.96. The van der Waals surface area contributed by atoms with E-state index in [2.05, 4.69) is 10.3 Å². The second kappa shape index (κ2) is 8.71. The van der Waals surface area contributed by atoms with Crippen molar-refractivity contribution in [2.75, 3.05) is 11.9 Å². The number of nitrogens with one attached hydrogen (secondary N) is 1.